The first-order chi connectivity index (χ1) is 6.27. The molecule has 0 saturated heterocycles. The van der Waals surface area contributed by atoms with E-state index in [9.17, 15) is 0 Å². The van der Waals surface area contributed by atoms with Crippen molar-refractivity contribution in [3.8, 4) is 0 Å². The molecule has 68 valence electrons. The van der Waals surface area contributed by atoms with Gasteiger partial charge in [0.05, 0.1) is 0 Å². The fourth-order valence-corrected chi connectivity index (χ4v) is 1.93. The molecule has 0 spiro atoms. The summed E-state index contributed by atoms with van der Waals surface area (Å²) < 4.78 is 0. The number of hydrogen-bond acceptors (Lipinski definition) is 0. The number of fused-ring (bicyclic) bond motifs is 2. The molecule has 0 amide bonds. The summed E-state index contributed by atoms with van der Waals surface area (Å²) in [6.45, 7) is 4.54. The second kappa shape index (κ2) is 3.37. The minimum Gasteiger partial charge on any atom is -0.0807 e. The average molecular weight is 172 g/mol. The predicted molar refractivity (Wildman–Crippen MR) is 57.5 cm³/mol. The molecular weight excluding hydrogens is 156 g/mol. The molecule has 0 unspecified atom stereocenters. The second-order valence-electron chi connectivity index (χ2n) is 4.02. The van der Waals surface area contributed by atoms with Crippen LogP contribution in [0.5, 0.6) is 0 Å². The zero-order valence-electron chi connectivity index (χ0n) is 8.38. The Hall–Kier alpha value is -1.04. The van der Waals surface area contributed by atoms with Crippen LogP contribution in [-0.4, -0.2) is 0 Å². The lowest BCUT2D eigenvalue weighted by Gasteiger charge is -2.10. The maximum absolute atomic E-state index is 2.37. The summed E-state index contributed by atoms with van der Waals surface area (Å²) in [6, 6.07) is 0. The zero-order chi connectivity index (χ0) is 9.26. The molecule has 13 heavy (non-hydrogen) atoms. The van der Waals surface area contributed by atoms with Gasteiger partial charge in [0, 0.05) is 0 Å². The van der Waals surface area contributed by atoms with Gasteiger partial charge < -0.3 is 0 Å². The number of rotatable bonds is 0. The van der Waals surface area contributed by atoms with E-state index in [0.717, 1.165) is 6.42 Å². The highest BCUT2D eigenvalue weighted by Gasteiger charge is 2.15. The molecule has 2 rings (SSSR count). The third-order valence-electron chi connectivity index (χ3n) is 3.03. The molecule has 0 radical (unpaired) electrons. The van der Waals surface area contributed by atoms with E-state index in [-0.39, 0.29) is 0 Å². The van der Waals surface area contributed by atoms with Crippen molar-refractivity contribution < 1.29 is 0 Å². The monoisotopic (exact) mass is 172 g/mol. The number of allylic oxidation sites excluding steroid dienone is 8. The van der Waals surface area contributed by atoms with Crippen LogP contribution >= 0.6 is 0 Å². The van der Waals surface area contributed by atoms with E-state index in [4.69, 9.17) is 0 Å². The Morgan fingerprint density at radius 2 is 2.00 bits per heavy atom. The lowest BCUT2D eigenvalue weighted by molar-refractivity contribution is 0.684. The van der Waals surface area contributed by atoms with Crippen molar-refractivity contribution in [2.45, 2.75) is 26.7 Å². The molecule has 2 bridgehead atoms. The minimum absolute atomic E-state index is 0.712. The molecule has 0 aromatic rings. The molecule has 0 heterocycles. The van der Waals surface area contributed by atoms with Crippen molar-refractivity contribution in [1.82, 2.24) is 0 Å². The Morgan fingerprint density at radius 1 is 1.23 bits per heavy atom. The van der Waals surface area contributed by atoms with Gasteiger partial charge in [-0.1, -0.05) is 48.5 Å². The van der Waals surface area contributed by atoms with E-state index in [1.54, 1.807) is 5.57 Å². The third kappa shape index (κ3) is 1.67. The van der Waals surface area contributed by atoms with Crippen molar-refractivity contribution in [2.75, 3.05) is 0 Å². The van der Waals surface area contributed by atoms with Crippen LogP contribution in [0, 0.1) is 5.92 Å². The Balaban J connectivity index is 2.43. The van der Waals surface area contributed by atoms with Crippen molar-refractivity contribution in [2.24, 2.45) is 5.92 Å². The lowest BCUT2D eigenvalue weighted by atomic mass is 9.95. The molecule has 0 heteroatoms. The molecule has 2 aliphatic carbocycles. The molecule has 0 saturated carbocycles. The molecule has 0 N–H and O–H groups in total. The fourth-order valence-electron chi connectivity index (χ4n) is 1.93. The first-order valence-corrected chi connectivity index (χ1v) is 5.01. The Bertz CT molecular complexity index is 324. The summed E-state index contributed by atoms with van der Waals surface area (Å²) in [5, 5.41) is 0. The van der Waals surface area contributed by atoms with Crippen molar-refractivity contribution in [3.63, 3.8) is 0 Å². The van der Waals surface area contributed by atoms with Crippen LogP contribution in [0.4, 0.5) is 0 Å². The lowest BCUT2D eigenvalue weighted by Crippen LogP contribution is -1.96. The van der Waals surface area contributed by atoms with Gasteiger partial charge in [-0.3, -0.25) is 0 Å². The van der Waals surface area contributed by atoms with E-state index in [1.165, 1.54) is 17.6 Å². The normalized spacial score (nSPS) is 26.9. The van der Waals surface area contributed by atoms with E-state index < -0.39 is 0 Å². The van der Waals surface area contributed by atoms with Gasteiger partial charge in [0.2, 0.25) is 0 Å². The van der Waals surface area contributed by atoms with Crippen molar-refractivity contribution in [1.29, 1.82) is 0 Å². The van der Waals surface area contributed by atoms with E-state index in [1.807, 2.05) is 0 Å². The van der Waals surface area contributed by atoms with Gasteiger partial charge in [-0.05, 0) is 31.3 Å². The smallest absolute Gasteiger partial charge is 0.00587 e. The Labute approximate surface area is 80.3 Å². The van der Waals surface area contributed by atoms with Crippen molar-refractivity contribution in [3.05, 3.63) is 47.1 Å². The summed E-state index contributed by atoms with van der Waals surface area (Å²) in [4.78, 5) is 0. The molecular formula is C13H16. The maximum atomic E-state index is 2.37. The van der Waals surface area contributed by atoms with Gasteiger partial charge in [0.25, 0.3) is 0 Å². The Kier molecular flexibility index (Phi) is 2.22. The van der Waals surface area contributed by atoms with Gasteiger partial charge in [-0.15, -0.1) is 0 Å². The standard InChI is InChI=1S/C13H16/c1-10-7-8-11(2)13-6-4-3-5-12(10)9-13/h3-7,11H,8-9H2,1-2H3/t11-/m0/s1. The topological polar surface area (TPSA) is 0 Å². The molecule has 2 aliphatic rings. The van der Waals surface area contributed by atoms with E-state index >= 15 is 0 Å². The van der Waals surface area contributed by atoms with Crippen molar-refractivity contribution >= 4 is 0 Å². The minimum atomic E-state index is 0.712. The van der Waals surface area contributed by atoms with Crippen LogP contribution in [0.3, 0.4) is 0 Å². The van der Waals surface area contributed by atoms with Gasteiger partial charge in [0.15, 0.2) is 0 Å². The van der Waals surface area contributed by atoms with Crippen LogP contribution < -0.4 is 0 Å². The predicted octanol–water partition coefficient (Wildman–Crippen LogP) is 3.79. The van der Waals surface area contributed by atoms with Crippen LogP contribution in [-0.2, 0) is 0 Å². The zero-order valence-corrected chi connectivity index (χ0v) is 8.38. The first kappa shape index (κ1) is 8.55. The largest absolute Gasteiger partial charge is 0.0807 e. The Morgan fingerprint density at radius 3 is 2.85 bits per heavy atom. The summed E-state index contributed by atoms with van der Waals surface area (Å²) in [5.74, 6) is 0.712. The highest BCUT2D eigenvalue weighted by Crippen LogP contribution is 2.32. The third-order valence-corrected chi connectivity index (χ3v) is 3.03. The molecule has 1 atom stereocenters. The van der Waals surface area contributed by atoms with Gasteiger partial charge >= 0.3 is 0 Å². The van der Waals surface area contributed by atoms with Gasteiger partial charge in [-0.25, -0.2) is 0 Å². The SMILES string of the molecule is CC1=CC[C@H](C)C2=CC=CC=C1C2. The van der Waals surface area contributed by atoms with E-state index in [0.29, 0.717) is 5.92 Å². The molecule has 0 fully saturated rings. The van der Waals surface area contributed by atoms with Crippen LogP contribution in [0.15, 0.2) is 47.1 Å². The molecule has 0 nitrogen and oxygen atoms in total. The van der Waals surface area contributed by atoms with Crippen LogP contribution in [0.1, 0.15) is 26.7 Å². The molecule has 0 aromatic carbocycles. The fraction of sp³-hybridized carbons (Fsp3) is 0.385. The second-order valence-corrected chi connectivity index (χ2v) is 4.02. The quantitative estimate of drug-likeness (QED) is 0.521. The summed E-state index contributed by atoms with van der Waals surface area (Å²) in [5.41, 5.74) is 4.53. The van der Waals surface area contributed by atoms with Crippen LogP contribution in [0.2, 0.25) is 0 Å². The highest BCUT2D eigenvalue weighted by atomic mass is 14.2. The molecule has 0 aliphatic heterocycles. The molecule has 0 aromatic heterocycles. The summed E-state index contributed by atoms with van der Waals surface area (Å²) in [7, 11) is 0. The summed E-state index contributed by atoms with van der Waals surface area (Å²) >= 11 is 0. The first-order valence-electron chi connectivity index (χ1n) is 5.01. The van der Waals surface area contributed by atoms with Gasteiger partial charge in [-0.2, -0.15) is 0 Å². The highest BCUT2D eigenvalue weighted by molar-refractivity contribution is 5.42. The maximum Gasteiger partial charge on any atom is -0.00587 e. The number of hydrogen-bond donors (Lipinski definition) is 0. The summed E-state index contributed by atoms with van der Waals surface area (Å²) in [6.07, 6.45) is 13.6. The average Bonchev–Trinajstić information content (AvgIpc) is 2.43. The van der Waals surface area contributed by atoms with Gasteiger partial charge in [0.1, 0.15) is 0 Å². The van der Waals surface area contributed by atoms with E-state index in [2.05, 4.69) is 44.2 Å². The van der Waals surface area contributed by atoms with Crippen LogP contribution in [0.25, 0.3) is 0 Å².